The van der Waals surface area contributed by atoms with Crippen molar-refractivity contribution >= 4 is 5.84 Å². The highest BCUT2D eigenvalue weighted by atomic mass is 14.9. The van der Waals surface area contributed by atoms with Crippen LogP contribution in [-0.2, 0) is 0 Å². The summed E-state index contributed by atoms with van der Waals surface area (Å²) in [5, 5.41) is 0. The van der Waals surface area contributed by atoms with Gasteiger partial charge in [0.2, 0.25) is 0 Å². The summed E-state index contributed by atoms with van der Waals surface area (Å²) in [6.45, 7) is 4.14. The summed E-state index contributed by atoms with van der Waals surface area (Å²) in [6.07, 6.45) is 9.61. The average Bonchev–Trinajstić information content (AvgIpc) is 2.12. The van der Waals surface area contributed by atoms with Crippen molar-refractivity contribution in [2.24, 2.45) is 16.5 Å². The van der Waals surface area contributed by atoms with Crippen molar-refractivity contribution < 1.29 is 0 Å². The molecule has 0 saturated carbocycles. The third-order valence-electron chi connectivity index (χ3n) is 1.28. The van der Waals surface area contributed by atoms with Crippen molar-refractivity contribution in [1.29, 1.82) is 0 Å². The molecule has 0 aliphatic carbocycles. The van der Waals surface area contributed by atoms with Gasteiger partial charge in [-0.2, -0.15) is 0 Å². The minimum atomic E-state index is 0.295. The zero-order valence-electron chi connectivity index (χ0n) is 8.20. The number of hydrogen-bond donors (Lipinski definition) is 2. The second-order valence-corrected chi connectivity index (χ2v) is 2.53. The fourth-order valence-electron chi connectivity index (χ4n) is 0.680. The first-order valence-corrected chi connectivity index (χ1v) is 4.20. The molecule has 0 unspecified atom stereocenters. The molecule has 3 heteroatoms. The molecule has 3 nitrogen and oxygen atoms in total. The van der Waals surface area contributed by atoms with Crippen molar-refractivity contribution in [3.8, 4) is 0 Å². The van der Waals surface area contributed by atoms with E-state index >= 15 is 0 Å². The van der Waals surface area contributed by atoms with Crippen LogP contribution in [0.1, 0.15) is 13.8 Å². The van der Waals surface area contributed by atoms with Crippen LogP contribution in [-0.4, -0.2) is 12.4 Å². The number of nitrogens with zero attached hydrogens (tertiary/aromatic N) is 1. The average molecular weight is 179 g/mol. The van der Waals surface area contributed by atoms with Gasteiger partial charge in [0, 0.05) is 5.70 Å². The Balaban J connectivity index is 4.17. The monoisotopic (exact) mass is 179 g/mol. The third-order valence-corrected chi connectivity index (χ3v) is 1.28. The molecule has 0 aromatic heterocycles. The Morgan fingerprint density at radius 3 is 2.54 bits per heavy atom. The Labute approximate surface area is 79.5 Å². The van der Waals surface area contributed by atoms with E-state index in [4.69, 9.17) is 11.5 Å². The molecule has 0 spiro atoms. The van der Waals surface area contributed by atoms with Crippen molar-refractivity contribution in [3.63, 3.8) is 0 Å². The molecule has 72 valence electrons. The second-order valence-electron chi connectivity index (χ2n) is 2.53. The van der Waals surface area contributed by atoms with Gasteiger partial charge in [0.05, 0.1) is 6.54 Å². The second kappa shape index (κ2) is 7.31. The number of aliphatic imine (C=N–C) groups is 1. The molecule has 0 aliphatic rings. The summed E-state index contributed by atoms with van der Waals surface area (Å²) in [5.74, 6) is 0.452. The van der Waals surface area contributed by atoms with E-state index in [9.17, 15) is 0 Å². The standard InChI is InChI=1S/C10H17N3/c1-3-4-5-6-7-9(2)13-10(12)8-11/h3-7H,8,11H2,1-2H3,(H2,12,13)/b4-3-,6-5-,9-7+. The van der Waals surface area contributed by atoms with E-state index in [1.165, 1.54) is 0 Å². The predicted octanol–water partition coefficient (Wildman–Crippen LogP) is 1.34. The van der Waals surface area contributed by atoms with Crippen LogP contribution in [0.15, 0.2) is 41.1 Å². The molecule has 4 N–H and O–H groups in total. The molecule has 0 aliphatic heterocycles. The van der Waals surface area contributed by atoms with E-state index in [2.05, 4.69) is 4.99 Å². The maximum atomic E-state index is 5.45. The molecule has 0 aromatic carbocycles. The minimum absolute atomic E-state index is 0.295. The number of hydrogen-bond acceptors (Lipinski definition) is 2. The van der Waals surface area contributed by atoms with Crippen LogP contribution in [0.25, 0.3) is 0 Å². The maximum absolute atomic E-state index is 5.45. The number of rotatable bonds is 4. The molecule has 0 aromatic rings. The summed E-state index contributed by atoms with van der Waals surface area (Å²) in [5.41, 5.74) is 11.6. The first-order chi connectivity index (χ1) is 6.20. The highest BCUT2D eigenvalue weighted by Gasteiger charge is 1.85. The molecule has 0 atom stereocenters. The van der Waals surface area contributed by atoms with E-state index in [1.54, 1.807) is 0 Å². The van der Waals surface area contributed by atoms with E-state index in [-0.39, 0.29) is 0 Å². The molecule has 0 radical (unpaired) electrons. The topological polar surface area (TPSA) is 64.4 Å². The summed E-state index contributed by atoms with van der Waals surface area (Å²) in [6, 6.07) is 0. The lowest BCUT2D eigenvalue weighted by Crippen LogP contribution is -2.22. The third kappa shape index (κ3) is 7.03. The van der Waals surface area contributed by atoms with E-state index in [0.717, 1.165) is 5.70 Å². The first-order valence-electron chi connectivity index (χ1n) is 4.20. The quantitative estimate of drug-likeness (QED) is 0.388. The fraction of sp³-hybridized carbons (Fsp3) is 0.300. The summed E-state index contributed by atoms with van der Waals surface area (Å²) in [7, 11) is 0. The normalized spacial score (nSPS) is 14.7. The van der Waals surface area contributed by atoms with E-state index in [1.807, 2.05) is 44.2 Å². The van der Waals surface area contributed by atoms with Gasteiger partial charge in [0.25, 0.3) is 0 Å². The molecule has 0 rings (SSSR count). The lowest BCUT2D eigenvalue weighted by molar-refractivity contribution is 1.21. The highest BCUT2D eigenvalue weighted by Crippen LogP contribution is 1.94. The van der Waals surface area contributed by atoms with Crippen molar-refractivity contribution in [2.75, 3.05) is 6.54 Å². The van der Waals surface area contributed by atoms with Crippen LogP contribution < -0.4 is 11.5 Å². The van der Waals surface area contributed by atoms with Crippen LogP contribution in [0.2, 0.25) is 0 Å². The van der Waals surface area contributed by atoms with Crippen LogP contribution >= 0.6 is 0 Å². The van der Waals surface area contributed by atoms with E-state index < -0.39 is 0 Å². The van der Waals surface area contributed by atoms with Gasteiger partial charge in [-0.15, -0.1) is 0 Å². The van der Waals surface area contributed by atoms with E-state index in [0.29, 0.717) is 12.4 Å². The molecule has 0 amide bonds. The van der Waals surface area contributed by atoms with Gasteiger partial charge >= 0.3 is 0 Å². The Kier molecular flexibility index (Phi) is 6.55. The van der Waals surface area contributed by atoms with Crippen LogP contribution in [0, 0.1) is 0 Å². The molecule has 0 heterocycles. The highest BCUT2D eigenvalue weighted by molar-refractivity contribution is 5.83. The summed E-state index contributed by atoms with van der Waals surface area (Å²) >= 11 is 0. The number of nitrogens with two attached hydrogens (primary N) is 2. The predicted molar refractivity (Wildman–Crippen MR) is 58.4 cm³/mol. The summed E-state index contributed by atoms with van der Waals surface area (Å²) < 4.78 is 0. The number of allylic oxidation sites excluding steroid dienone is 6. The van der Waals surface area contributed by atoms with Gasteiger partial charge in [-0.3, -0.25) is 0 Å². The Bertz CT molecular complexity index is 247. The number of amidine groups is 1. The Hall–Kier alpha value is -1.35. The van der Waals surface area contributed by atoms with Crippen molar-refractivity contribution in [1.82, 2.24) is 0 Å². The van der Waals surface area contributed by atoms with Gasteiger partial charge in [-0.25, -0.2) is 4.99 Å². The van der Waals surface area contributed by atoms with Crippen molar-refractivity contribution in [2.45, 2.75) is 13.8 Å². The van der Waals surface area contributed by atoms with Crippen molar-refractivity contribution in [3.05, 3.63) is 36.1 Å². The van der Waals surface area contributed by atoms with Crippen LogP contribution in [0.3, 0.4) is 0 Å². The lowest BCUT2D eigenvalue weighted by atomic mass is 10.4. The van der Waals surface area contributed by atoms with Gasteiger partial charge in [-0.05, 0) is 19.9 Å². The minimum Gasteiger partial charge on any atom is -0.386 e. The molecule has 0 saturated heterocycles. The summed E-state index contributed by atoms with van der Waals surface area (Å²) in [4.78, 5) is 4.05. The fourth-order valence-corrected chi connectivity index (χ4v) is 0.680. The molecular formula is C10H17N3. The SMILES string of the molecule is C\C=C/C=C\C=C(/C)N=C(N)CN. The van der Waals surface area contributed by atoms with Gasteiger partial charge < -0.3 is 11.5 Å². The smallest absolute Gasteiger partial charge is 0.113 e. The largest absolute Gasteiger partial charge is 0.386 e. The van der Waals surface area contributed by atoms with Gasteiger partial charge in [0.15, 0.2) is 0 Å². The Morgan fingerprint density at radius 2 is 2.00 bits per heavy atom. The first kappa shape index (κ1) is 11.6. The Morgan fingerprint density at radius 1 is 1.31 bits per heavy atom. The molecule has 0 bridgehead atoms. The van der Waals surface area contributed by atoms with Crippen LogP contribution in [0.4, 0.5) is 0 Å². The lowest BCUT2D eigenvalue weighted by Gasteiger charge is -1.94. The molecular weight excluding hydrogens is 162 g/mol. The van der Waals surface area contributed by atoms with Gasteiger partial charge in [0.1, 0.15) is 5.84 Å². The van der Waals surface area contributed by atoms with Crippen LogP contribution in [0.5, 0.6) is 0 Å². The van der Waals surface area contributed by atoms with Gasteiger partial charge in [-0.1, -0.05) is 24.3 Å². The molecule has 13 heavy (non-hydrogen) atoms. The molecule has 0 fully saturated rings. The zero-order chi connectivity index (χ0) is 10.1. The zero-order valence-corrected chi connectivity index (χ0v) is 8.20. The maximum Gasteiger partial charge on any atom is 0.113 e.